The van der Waals surface area contributed by atoms with Gasteiger partial charge in [-0.1, -0.05) is 19.3 Å². The van der Waals surface area contributed by atoms with Gasteiger partial charge in [0.2, 0.25) is 5.91 Å². The SMILES string of the molecule is CCNC(=O)CCCCCCCn1ccnc1C. The molecule has 4 heteroatoms. The van der Waals surface area contributed by atoms with Crippen molar-refractivity contribution in [3.05, 3.63) is 18.2 Å². The molecule has 0 saturated carbocycles. The van der Waals surface area contributed by atoms with Crippen LogP contribution in [-0.4, -0.2) is 22.0 Å². The van der Waals surface area contributed by atoms with E-state index in [1.807, 2.05) is 26.2 Å². The molecule has 0 aliphatic carbocycles. The third-order valence-corrected chi connectivity index (χ3v) is 3.10. The summed E-state index contributed by atoms with van der Waals surface area (Å²) in [6.07, 6.45) is 10.4. The van der Waals surface area contributed by atoms with Crippen LogP contribution in [0.5, 0.6) is 0 Å². The lowest BCUT2D eigenvalue weighted by molar-refractivity contribution is -0.121. The predicted octanol–water partition coefficient (Wildman–Crippen LogP) is 2.67. The molecule has 0 radical (unpaired) electrons. The first-order valence-electron chi connectivity index (χ1n) is 6.98. The molecule has 1 heterocycles. The molecular weight excluding hydrogens is 226 g/mol. The highest BCUT2D eigenvalue weighted by Gasteiger charge is 1.99. The van der Waals surface area contributed by atoms with E-state index in [1.54, 1.807) is 0 Å². The normalized spacial score (nSPS) is 10.6. The van der Waals surface area contributed by atoms with Gasteiger partial charge in [0.05, 0.1) is 0 Å². The van der Waals surface area contributed by atoms with Gasteiger partial charge >= 0.3 is 0 Å². The monoisotopic (exact) mass is 251 g/mol. The molecule has 0 aliphatic rings. The number of aromatic nitrogens is 2. The van der Waals surface area contributed by atoms with Crippen LogP contribution >= 0.6 is 0 Å². The van der Waals surface area contributed by atoms with Gasteiger partial charge in [-0.05, 0) is 26.7 Å². The van der Waals surface area contributed by atoms with Crippen molar-refractivity contribution in [2.24, 2.45) is 0 Å². The molecule has 1 amide bonds. The number of nitrogens with zero attached hydrogens (tertiary/aromatic N) is 2. The molecule has 0 bridgehead atoms. The van der Waals surface area contributed by atoms with E-state index in [0.717, 1.165) is 31.8 Å². The zero-order valence-electron chi connectivity index (χ0n) is 11.6. The van der Waals surface area contributed by atoms with Crippen LogP contribution in [-0.2, 0) is 11.3 Å². The minimum Gasteiger partial charge on any atom is -0.356 e. The maximum Gasteiger partial charge on any atom is 0.219 e. The summed E-state index contributed by atoms with van der Waals surface area (Å²) in [7, 11) is 0. The minimum atomic E-state index is 0.187. The number of carbonyl (C=O) groups excluding carboxylic acids is 1. The first-order valence-corrected chi connectivity index (χ1v) is 6.98. The molecule has 0 aromatic carbocycles. The number of unbranched alkanes of at least 4 members (excludes halogenated alkanes) is 4. The smallest absolute Gasteiger partial charge is 0.219 e. The molecule has 0 atom stereocenters. The number of carbonyl (C=O) groups is 1. The summed E-state index contributed by atoms with van der Waals surface area (Å²) in [4.78, 5) is 15.4. The number of aryl methyl sites for hydroxylation is 2. The topological polar surface area (TPSA) is 46.9 Å². The average molecular weight is 251 g/mol. The number of imidazole rings is 1. The summed E-state index contributed by atoms with van der Waals surface area (Å²) in [5.41, 5.74) is 0. The Kier molecular flexibility index (Phi) is 7.14. The molecule has 0 saturated heterocycles. The molecule has 1 aromatic heterocycles. The fourth-order valence-corrected chi connectivity index (χ4v) is 2.02. The number of rotatable bonds is 9. The Morgan fingerprint density at radius 2 is 2.00 bits per heavy atom. The zero-order valence-corrected chi connectivity index (χ0v) is 11.6. The van der Waals surface area contributed by atoms with Crippen LogP contribution in [0.2, 0.25) is 0 Å². The number of hydrogen-bond acceptors (Lipinski definition) is 2. The molecule has 1 N–H and O–H groups in total. The zero-order chi connectivity index (χ0) is 13.2. The first-order chi connectivity index (χ1) is 8.74. The van der Waals surface area contributed by atoms with Crippen LogP contribution < -0.4 is 5.32 Å². The third-order valence-electron chi connectivity index (χ3n) is 3.10. The molecule has 0 fully saturated rings. The van der Waals surface area contributed by atoms with E-state index in [-0.39, 0.29) is 5.91 Å². The van der Waals surface area contributed by atoms with Gasteiger partial charge in [0.15, 0.2) is 0 Å². The van der Waals surface area contributed by atoms with E-state index in [9.17, 15) is 4.79 Å². The largest absolute Gasteiger partial charge is 0.356 e. The van der Waals surface area contributed by atoms with E-state index in [1.165, 1.54) is 19.3 Å². The Labute approximate surface area is 110 Å². The Balaban J connectivity index is 1.93. The summed E-state index contributed by atoms with van der Waals surface area (Å²) >= 11 is 0. The second-order valence-electron chi connectivity index (χ2n) is 4.64. The lowest BCUT2D eigenvalue weighted by atomic mass is 10.1. The highest BCUT2D eigenvalue weighted by atomic mass is 16.1. The third kappa shape index (κ3) is 5.84. The number of amides is 1. The van der Waals surface area contributed by atoms with E-state index in [2.05, 4.69) is 14.9 Å². The molecular formula is C14H25N3O. The standard InChI is InChI=1S/C14H25N3O/c1-3-15-14(18)9-7-5-4-6-8-11-17-12-10-16-13(17)2/h10,12H,3-9,11H2,1-2H3,(H,15,18). The molecule has 0 aliphatic heterocycles. The van der Waals surface area contributed by atoms with Crippen molar-refractivity contribution in [1.82, 2.24) is 14.9 Å². The molecule has 0 unspecified atom stereocenters. The Morgan fingerprint density at radius 3 is 2.67 bits per heavy atom. The summed E-state index contributed by atoms with van der Waals surface area (Å²) in [5, 5.41) is 2.82. The van der Waals surface area contributed by atoms with Crippen molar-refractivity contribution < 1.29 is 4.79 Å². The lowest BCUT2D eigenvalue weighted by Crippen LogP contribution is -2.21. The Morgan fingerprint density at radius 1 is 1.28 bits per heavy atom. The van der Waals surface area contributed by atoms with Gasteiger partial charge in [0.25, 0.3) is 0 Å². The molecule has 1 rings (SSSR count). The van der Waals surface area contributed by atoms with Gasteiger partial charge in [-0.25, -0.2) is 4.98 Å². The second-order valence-corrected chi connectivity index (χ2v) is 4.64. The maximum atomic E-state index is 11.2. The fraction of sp³-hybridized carbons (Fsp3) is 0.714. The molecule has 102 valence electrons. The summed E-state index contributed by atoms with van der Waals surface area (Å²) < 4.78 is 2.19. The Hall–Kier alpha value is -1.32. The Bertz CT molecular complexity index is 347. The van der Waals surface area contributed by atoms with Crippen LogP contribution in [0.1, 0.15) is 51.3 Å². The van der Waals surface area contributed by atoms with Crippen molar-refractivity contribution in [2.45, 2.75) is 58.9 Å². The van der Waals surface area contributed by atoms with Gasteiger partial charge in [-0.2, -0.15) is 0 Å². The number of nitrogens with one attached hydrogen (secondary N) is 1. The minimum absolute atomic E-state index is 0.187. The quantitative estimate of drug-likeness (QED) is 0.686. The highest BCUT2D eigenvalue weighted by Crippen LogP contribution is 2.07. The summed E-state index contributed by atoms with van der Waals surface area (Å²) in [6, 6.07) is 0. The molecule has 0 spiro atoms. The van der Waals surface area contributed by atoms with Crippen LogP contribution in [0.3, 0.4) is 0 Å². The predicted molar refractivity (Wildman–Crippen MR) is 73.3 cm³/mol. The van der Waals surface area contributed by atoms with E-state index in [4.69, 9.17) is 0 Å². The number of hydrogen-bond donors (Lipinski definition) is 1. The van der Waals surface area contributed by atoms with E-state index in [0.29, 0.717) is 6.42 Å². The van der Waals surface area contributed by atoms with E-state index < -0.39 is 0 Å². The molecule has 1 aromatic rings. The summed E-state index contributed by atoms with van der Waals surface area (Å²) in [6.45, 7) is 5.79. The van der Waals surface area contributed by atoms with Crippen molar-refractivity contribution in [2.75, 3.05) is 6.54 Å². The van der Waals surface area contributed by atoms with Gasteiger partial charge in [-0.3, -0.25) is 4.79 Å². The van der Waals surface area contributed by atoms with Crippen molar-refractivity contribution in [3.63, 3.8) is 0 Å². The van der Waals surface area contributed by atoms with Crippen molar-refractivity contribution in [3.8, 4) is 0 Å². The lowest BCUT2D eigenvalue weighted by Gasteiger charge is -2.05. The van der Waals surface area contributed by atoms with Crippen molar-refractivity contribution >= 4 is 5.91 Å². The van der Waals surface area contributed by atoms with Gasteiger partial charge in [0, 0.05) is 31.9 Å². The van der Waals surface area contributed by atoms with Gasteiger partial charge in [0.1, 0.15) is 5.82 Å². The summed E-state index contributed by atoms with van der Waals surface area (Å²) in [5.74, 6) is 1.28. The first kappa shape index (κ1) is 14.7. The van der Waals surface area contributed by atoms with Crippen LogP contribution in [0, 0.1) is 6.92 Å². The maximum absolute atomic E-state index is 11.2. The van der Waals surface area contributed by atoms with Crippen molar-refractivity contribution in [1.29, 1.82) is 0 Å². The van der Waals surface area contributed by atoms with Gasteiger partial charge < -0.3 is 9.88 Å². The van der Waals surface area contributed by atoms with E-state index >= 15 is 0 Å². The second kappa shape index (κ2) is 8.72. The van der Waals surface area contributed by atoms with Crippen LogP contribution in [0.25, 0.3) is 0 Å². The molecule has 4 nitrogen and oxygen atoms in total. The fourth-order valence-electron chi connectivity index (χ4n) is 2.02. The van der Waals surface area contributed by atoms with Crippen LogP contribution in [0.4, 0.5) is 0 Å². The van der Waals surface area contributed by atoms with Crippen LogP contribution in [0.15, 0.2) is 12.4 Å². The highest BCUT2D eigenvalue weighted by molar-refractivity contribution is 5.75. The molecule has 18 heavy (non-hydrogen) atoms. The van der Waals surface area contributed by atoms with Gasteiger partial charge in [-0.15, -0.1) is 0 Å². The average Bonchev–Trinajstić information content (AvgIpc) is 2.74.